The maximum atomic E-state index is 12.7. The predicted octanol–water partition coefficient (Wildman–Crippen LogP) is 4.54. The molecule has 3 aromatic rings. The normalized spacial score (nSPS) is 17.1. The number of carbonyl (C=O) groups excluding carboxylic acids is 1. The maximum absolute atomic E-state index is 12.7. The number of nitrogens with one attached hydrogen (secondary N) is 1. The fourth-order valence-electron chi connectivity index (χ4n) is 3.75. The van der Waals surface area contributed by atoms with Crippen molar-refractivity contribution < 1.29 is 4.79 Å². The summed E-state index contributed by atoms with van der Waals surface area (Å²) >= 11 is 0. The molecule has 1 atom stereocenters. The zero-order valence-corrected chi connectivity index (χ0v) is 14.1. The summed E-state index contributed by atoms with van der Waals surface area (Å²) < 4.78 is 0. The van der Waals surface area contributed by atoms with Gasteiger partial charge in [-0.3, -0.25) is 4.79 Å². The van der Waals surface area contributed by atoms with Crippen LogP contribution in [0.4, 0.5) is 0 Å². The highest BCUT2D eigenvalue weighted by Crippen LogP contribution is 2.36. The molecule has 0 aromatic heterocycles. The number of amides is 1. The van der Waals surface area contributed by atoms with Crippen LogP contribution in [-0.4, -0.2) is 12.5 Å². The van der Waals surface area contributed by atoms with Crippen molar-refractivity contribution in [2.75, 3.05) is 6.54 Å². The van der Waals surface area contributed by atoms with Crippen LogP contribution in [0.25, 0.3) is 0 Å². The molecule has 0 aliphatic carbocycles. The maximum Gasteiger partial charge on any atom is 0.251 e. The lowest BCUT2D eigenvalue weighted by molar-refractivity contribution is 0.0952. The van der Waals surface area contributed by atoms with E-state index in [1.54, 1.807) is 0 Å². The van der Waals surface area contributed by atoms with Gasteiger partial charge in [0, 0.05) is 18.0 Å². The lowest BCUT2D eigenvalue weighted by Gasteiger charge is -2.25. The van der Waals surface area contributed by atoms with E-state index in [4.69, 9.17) is 0 Å². The SMILES string of the molecule is O=C1NCCCc2ccccc2C(c2ccccc2)c2ccccc21. The Hall–Kier alpha value is -2.87. The largest absolute Gasteiger partial charge is 0.352 e. The molecule has 1 aliphatic rings. The summed E-state index contributed by atoms with van der Waals surface area (Å²) in [4.78, 5) is 12.7. The highest BCUT2D eigenvalue weighted by atomic mass is 16.1. The minimum Gasteiger partial charge on any atom is -0.352 e. The molecule has 1 unspecified atom stereocenters. The highest BCUT2D eigenvalue weighted by Gasteiger charge is 2.24. The van der Waals surface area contributed by atoms with Crippen LogP contribution >= 0.6 is 0 Å². The van der Waals surface area contributed by atoms with Crippen LogP contribution in [-0.2, 0) is 6.42 Å². The minimum absolute atomic E-state index is 0.0240. The van der Waals surface area contributed by atoms with Crippen molar-refractivity contribution in [1.29, 1.82) is 0 Å². The highest BCUT2D eigenvalue weighted by molar-refractivity contribution is 5.96. The van der Waals surface area contributed by atoms with E-state index in [0.29, 0.717) is 6.54 Å². The predicted molar refractivity (Wildman–Crippen MR) is 101 cm³/mol. The number of rotatable bonds is 1. The summed E-state index contributed by atoms with van der Waals surface area (Å²) in [6.07, 6.45) is 1.92. The van der Waals surface area contributed by atoms with Crippen molar-refractivity contribution in [1.82, 2.24) is 5.32 Å². The summed E-state index contributed by atoms with van der Waals surface area (Å²) in [7, 11) is 0. The third-order valence-corrected chi connectivity index (χ3v) is 4.92. The van der Waals surface area contributed by atoms with Crippen molar-refractivity contribution in [2.24, 2.45) is 0 Å². The number of hydrogen-bond donors (Lipinski definition) is 1. The number of carbonyl (C=O) groups is 1. The average Bonchev–Trinajstić information content (AvgIpc) is 2.67. The van der Waals surface area contributed by atoms with Gasteiger partial charge >= 0.3 is 0 Å². The van der Waals surface area contributed by atoms with Crippen molar-refractivity contribution in [2.45, 2.75) is 18.8 Å². The standard InChI is InChI=1S/C23H21NO/c25-23-21-15-7-6-14-20(21)22(18-10-2-1-3-11-18)19-13-5-4-9-17(19)12-8-16-24-23/h1-7,9-11,13-15,22H,8,12,16H2,(H,24,25). The van der Waals surface area contributed by atoms with E-state index in [2.05, 4.69) is 59.9 Å². The zero-order valence-electron chi connectivity index (χ0n) is 14.1. The first-order chi connectivity index (χ1) is 12.3. The molecular weight excluding hydrogens is 306 g/mol. The van der Waals surface area contributed by atoms with Crippen molar-refractivity contribution in [3.05, 3.63) is 107 Å². The summed E-state index contributed by atoms with van der Waals surface area (Å²) in [6.45, 7) is 0.706. The molecule has 0 saturated carbocycles. The van der Waals surface area contributed by atoms with Crippen LogP contribution in [0, 0.1) is 0 Å². The van der Waals surface area contributed by atoms with E-state index in [0.717, 1.165) is 24.0 Å². The molecule has 1 aliphatic heterocycles. The fraction of sp³-hybridized carbons (Fsp3) is 0.174. The second-order valence-corrected chi connectivity index (χ2v) is 6.49. The van der Waals surface area contributed by atoms with Gasteiger partial charge in [0.15, 0.2) is 0 Å². The summed E-state index contributed by atoms with van der Waals surface area (Å²) in [5.74, 6) is 0.0911. The van der Waals surface area contributed by atoms with E-state index in [-0.39, 0.29) is 11.8 Å². The quantitative estimate of drug-likeness (QED) is 0.698. The number of fused-ring (bicyclic) bond motifs is 2. The third-order valence-electron chi connectivity index (χ3n) is 4.92. The van der Waals surface area contributed by atoms with Gasteiger partial charge in [-0.25, -0.2) is 0 Å². The van der Waals surface area contributed by atoms with Gasteiger partial charge in [0.25, 0.3) is 5.91 Å². The van der Waals surface area contributed by atoms with Crippen molar-refractivity contribution >= 4 is 5.91 Å². The van der Waals surface area contributed by atoms with Gasteiger partial charge < -0.3 is 5.32 Å². The first kappa shape index (κ1) is 15.6. The molecule has 0 spiro atoms. The zero-order chi connectivity index (χ0) is 17.1. The topological polar surface area (TPSA) is 29.1 Å². The molecule has 124 valence electrons. The Kier molecular flexibility index (Phi) is 4.34. The van der Waals surface area contributed by atoms with E-state index < -0.39 is 0 Å². The molecule has 0 saturated heterocycles. The summed E-state index contributed by atoms with van der Waals surface area (Å²) in [5, 5.41) is 3.07. The summed E-state index contributed by atoms with van der Waals surface area (Å²) in [5.41, 5.74) is 5.72. The molecule has 1 amide bonds. The molecule has 1 N–H and O–H groups in total. The van der Waals surface area contributed by atoms with Gasteiger partial charge in [0.05, 0.1) is 0 Å². The monoisotopic (exact) mass is 327 g/mol. The number of aryl methyl sites for hydroxylation is 1. The smallest absolute Gasteiger partial charge is 0.251 e. The molecule has 4 rings (SSSR count). The van der Waals surface area contributed by atoms with Crippen LogP contribution < -0.4 is 5.32 Å². The fourth-order valence-corrected chi connectivity index (χ4v) is 3.75. The molecule has 3 aromatic carbocycles. The van der Waals surface area contributed by atoms with Crippen LogP contribution in [0.15, 0.2) is 78.9 Å². The molecule has 2 nitrogen and oxygen atoms in total. The van der Waals surface area contributed by atoms with Gasteiger partial charge in [0.2, 0.25) is 0 Å². The van der Waals surface area contributed by atoms with E-state index in [1.165, 1.54) is 16.7 Å². The van der Waals surface area contributed by atoms with E-state index in [1.807, 2.05) is 24.3 Å². The van der Waals surface area contributed by atoms with Gasteiger partial charge in [-0.1, -0.05) is 72.8 Å². The summed E-state index contributed by atoms with van der Waals surface area (Å²) in [6, 6.07) is 27.1. The Balaban J connectivity index is 1.99. The van der Waals surface area contributed by atoms with Crippen LogP contribution in [0.1, 0.15) is 45.0 Å². The van der Waals surface area contributed by atoms with Crippen LogP contribution in [0.5, 0.6) is 0 Å². The van der Waals surface area contributed by atoms with E-state index in [9.17, 15) is 4.79 Å². The average molecular weight is 327 g/mol. The van der Waals surface area contributed by atoms with Gasteiger partial charge in [-0.2, -0.15) is 0 Å². The minimum atomic E-state index is 0.0240. The Morgan fingerprint density at radius 2 is 1.44 bits per heavy atom. The Morgan fingerprint density at radius 3 is 2.28 bits per heavy atom. The first-order valence-electron chi connectivity index (χ1n) is 8.84. The molecule has 0 fully saturated rings. The second-order valence-electron chi connectivity index (χ2n) is 6.49. The van der Waals surface area contributed by atoms with Crippen LogP contribution in [0.2, 0.25) is 0 Å². The third kappa shape index (κ3) is 3.08. The lowest BCUT2D eigenvalue weighted by atomic mass is 9.79. The Labute approximate surface area is 148 Å². The van der Waals surface area contributed by atoms with Gasteiger partial charge in [-0.05, 0) is 41.2 Å². The second kappa shape index (κ2) is 6.94. The Morgan fingerprint density at radius 1 is 0.760 bits per heavy atom. The van der Waals surface area contributed by atoms with Gasteiger partial charge in [-0.15, -0.1) is 0 Å². The van der Waals surface area contributed by atoms with Crippen molar-refractivity contribution in [3.63, 3.8) is 0 Å². The molecular formula is C23H21NO. The number of hydrogen-bond acceptors (Lipinski definition) is 1. The van der Waals surface area contributed by atoms with Gasteiger partial charge in [0.1, 0.15) is 0 Å². The number of benzene rings is 3. The Bertz CT molecular complexity index is 885. The van der Waals surface area contributed by atoms with E-state index >= 15 is 0 Å². The first-order valence-corrected chi connectivity index (χ1v) is 8.84. The molecule has 2 heteroatoms. The molecule has 25 heavy (non-hydrogen) atoms. The van der Waals surface area contributed by atoms with Crippen molar-refractivity contribution in [3.8, 4) is 0 Å². The molecule has 0 radical (unpaired) electrons. The molecule has 1 heterocycles. The lowest BCUT2D eigenvalue weighted by Crippen LogP contribution is -2.27. The molecule has 0 bridgehead atoms. The van der Waals surface area contributed by atoms with Crippen LogP contribution in [0.3, 0.4) is 0 Å².